The molecule has 1 fully saturated rings. The molecule has 0 spiro atoms. The van der Waals surface area contributed by atoms with E-state index in [-0.39, 0.29) is 11.8 Å². The first-order valence-electron chi connectivity index (χ1n) is 7.47. The Morgan fingerprint density at radius 1 is 1.33 bits per heavy atom. The normalized spacial score (nSPS) is 24.4. The van der Waals surface area contributed by atoms with Gasteiger partial charge in [-0.1, -0.05) is 6.92 Å². The van der Waals surface area contributed by atoms with Crippen molar-refractivity contribution in [1.82, 2.24) is 10.9 Å². The van der Waals surface area contributed by atoms with Crippen LogP contribution >= 0.6 is 11.3 Å². The number of rotatable bonds is 2. The summed E-state index contributed by atoms with van der Waals surface area (Å²) in [5.74, 6) is 0.173. The molecule has 1 aromatic heterocycles. The number of fused-ring (bicyclic) bond motifs is 1. The van der Waals surface area contributed by atoms with Crippen LogP contribution in [-0.2, 0) is 22.4 Å². The summed E-state index contributed by atoms with van der Waals surface area (Å²) in [4.78, 5) is 25.9. The molecule has 0 saturated carbocycles. The van der Waals surface area contributed by atoms with Crippen molar-refractivity contribution in [3.63, 3.8) is 0 Å². The molecule has 5 nitrogen and oxygen atoms in total. The van der Waals surface area contributed by atoms with E-state index in [4.69, 9.17) is 4.74 Å². The number of hydrogen-bond acceptors (Lipinski definition) is 4. The second kappa shape index (κ2) is 6.15. The minimum Gasteiger partial charge on any atom is -0.368 e. The highest BCUT2D eigenvalue weighted by atomic mass is 32.1. The van der Waals surface area contributed by atoms with Crippen LogP contribution in [0.4, 0.5) is 0 Å². The second-order valence-electron chi connectivity index (χ2n) is 5.85. The van der Waals surface area contributed by atoms with Crippen LogP contribution in [0, 0.1) is 5.92 Å². The number of hydrogen-bond donors (Lipinski definition) is 2. The van der Waals surface area contributed by atoms with E-state index in [9.17, 15) is 9.59 Å². The number of aryl methyl sites for hydroxylation is 1. The van der Waals surface area contributed by atoms with Gasteiger partial charge in [-0.2, -0.15) is 0 Å². The number of nitrogens with one attached hydrogen (secondary N) is 2. The molecular weight excluding hydrogens is 288 g/mol. The van der Waals surface area contributed by atoms with Gasteiger partial charge < -0.3 is 4.74 Å². The Bertz CT molecular complexity index is 549. The molecule has 6 heteroatoms. The Morgan fingerprint density at radius 2 is 2.19 bits per heavy atom. The maximum atomic E-state index is 12.1. The highest BCUT2D eigenvalue weighted by Gasteiger charge is 2.25. The fourth-order valence-corrected chi connectivity index (χ4v) is 3.97. The summed E-state index contributed by atoms with van der Waals surface area (Å²) in [6, 6.07) is 1.96. The molecule has 0 bridgehead atoms. The molecule has 1 aromatic rings. The molecule has 1 aliphatic carbocycles. The van der Waals surface area contributed by atoms with Crippen LogP contribution in [-0.4, -0.2) is 24.5 Å². The van der Waals surface area contributed by atoms with Crippen LogP contribution in [0.5, 0.6) is 0 Å². The highest BCUT2D eigenvalue weighted by Crippen LogP contribution is 2.32. The average Bonchev–Trinajstić information content (AvgIpc) is 3.12. The molecule has 2 atom stereocenters. The quantitative estimate of drug-likeness (QED) is 0.819. The number of carbonyl (C=O) groups is 2. The molecule has 2 aliphatic rings. The van der Waals surface area contributed by atoms with E-state index in [1.165, 1.54) is 28.2 Å². The third-order valence-electron chi connectivity index (χ3n) is 4.07. The van der Waals surface area contributed by atoms with Crippen LogP contribution < -0.4 is 10.9 Å². The molecule has 2 N–H and O–H groups in total. The van der Waals surface area contributed by atoms with Crippen molar-refractivity contribution < 1.29 is 14.3 Å². The van der Waals surface area contributed by atoms with E-state index in [0.29, 0.717) is 23.8 Å². The summed E-state index contributed by atoms with van der Waals surface area (Å²) in [5, 5.41) is 0. The summed E-state index contributed by atoms with van der Waals surface area (Å²) >= 11 is 1.53. The highest BCUT2D eigenvalue weighted by molar-refractivity contribution is 7.14. The number of amides is 2. The SMILES string of the molecule is CC1CCc2sc(C(=O)NNC(=O)C3CCCO3)cc2C1. The Balaban J connectivity index is 1.57. The van der Waals surface area contributed by atoms with Crippen LogP contribution in [0.2, 0.25) is 0 Å². The first-order chi connectivity index (χ1) is 10.1. The summed E-state index contributed by atoms with van der Waals surface area (Å²) < 4.78 is 5.27. The van der Waals surface area contributed by atoms with Crippen LogP contribution in [0.15, 0.2) is 6.07 Å². The minimum atomic E-state index is -0.428. The summed E-state index contributed by atoms with van der Waals surface area (Å²) in [7, 11) is 0. The molecule has 1 saturated heterocycles. The molecule has 3 rings (SSSR count). The van der Waals surface area contributed by atoms with Gasteiger partial charge >= 0.3 is 0 Å². The van der Waals surface area contributed by atoms with E-state index in [0.717, 1.165) is 19.3 Å². The van der Waals surface area contributed by atoms with Crippen LogP contribution in [0.3, 0.4) is 0 Å². The number of carbonyl (C=O) groups excluding carboxylic acids is 2. The van der Waals surface area contributed by atoms with E-state index in [2.05, 4.69) is 17.8 Å². The van der Waals surface area contributed by atoms with Crippen molar-refractivity contribution in [2.24, 2.45) is 5.92 Å². The van der Waals surface area contributed by atoms with E-state index < -0.39 is 6.10 Å². The van der Waals surface area contributed by atoms with Gasteiger partial charge in [0.2, 0.25) is 0 Å². The van der Waals surface area contributed by atoms with Crippen molar-refractivity contribution >= 4 is 23.2 Å². The zero-order chi connectivity index (χ0) is 14.8. The fraction of sp³-hybridized carbons (Fsp3) is 0.600. The molecular formula is C15H20N2O3S. The molecule has 21 heavy (non-hydrogen) atoms. The molecule has 2 heterocycles. The van der Waals surface area contributed by atoms with E-state index in [1.807, 2.05) is 6.07 Å². The standard InChI is InChI=1S/C15H20N2O3S/c1-9-4-5-12-10(7-9)8-13(21-12)15(19)17-16-14(18)11-3-2-6-20-11/h8-9,11H,2-7H2,1H3,(H,16,18)(H,17,19). The monoisotopic (exact) mass is 308 g/mol. The zero-order valence-corrected chi connectivity index (χ0v) is 12.9. The topological polar surface area (TPSA) is 67.4 Å². The van der Waals surface area contributed by atoms with Crippen LogP contribution in [0.1, 0.15) is 46.3 Å². The summed E-state index contributed by atoms with van der Waals surface area (Å²) in [6.07, 6.45) is 4.46. The van der Waals surface area contributed by atoms with Gasteiger partial charge in [-0.15, -0.1) is 11.3 Å². The van der Waals surface area contributed by atoms with E-state index in [1.54, 1.807) is 0 Å². The number of ether oxygens (including phenoxy) is 1. The second-order valence-corrected chi connectivity index (χ2v) is 6.99. The van der Waals surface area contributed by atoms with Gasteiger partial charge in [-0.3, -0.25) is 20.4 Å². The number of hydrazine groups is 1. The lowest BCUT2D eigenvalue weighted by Crippen LogP contribution is -2.46. The fourth-order valence-electron chi connectivity index (χ4n) is 2.86. The van der Waals surface area contributed by atoms with Gasteiger partial charge in [-0.25, -0.2) is 0 Å². The van der Waals surface area contributed by atoms with Gasteiger partial charge in [0.15, 0.2) is 0 Å². The maximum Gasteiger partial charge on any atom is 0.279 e. The first-order valence-corrected chi connectivity index (χ1v) is 8.28. The Morgan fingerprint density at radius 3 is 2.95 bits per heavy atom. The summed E-state index contributed by atoms with van der Waals surface area (Å²) in [6.45, 7) is 2.85. The average molecular weight is 308 g/mol. The molecule has 0 radical (unpaired) electrons. The van der Waals surface area contributed by atoms with Crippen molar-refractivity contribution in [2.75, 3.05) is 6.61 Å². The molecule has 0 aromatic carbocycles. The van der Waals surface area contributed by atoms with Crippen molar-refractivity contribution in [3.05, 3.63) is 21.4 Å². The third-order valence-corrected chi connectivity index (χ3v) is 5.31. The lowest BCUT2D eigenvalue weighted by molar-refractivity contribution is -0.130. The predicted molar refractivity (Wildman–Crippen MR) is 80.1 cm³/mol. The summed E-state index contributed by atoms with van der Waals surface area (Å²) in [5.41, 5.74) is 6.23. The van der Waals surface area contributed by atoms with Crippen molar-refractivity contribution in [2.45, 2.75) is 45.1 Å². The van der Waals surface area contributed by atoms with Gasteiger partial charge in [0.05, 0.1) is 4.88 Å². The van der Waals surface area contributed by atoms with Gasteiger partial charge in [0.1, 0.15) is 6.10 Å². The Kier molecular flexibility index (Phi) is 4.26. The molecule has 1 aliphatic heterocycles. The van der Waals surface area contributed by atoms with Crippen LogP contribution in [0.25, 0.3) is 0 Å². The minimum absolute atomic E-state index is 0.242. The van der Waals surface area contributed by atoms with Gasteiger partial charge in [-0.05, 0) is 49.7 Å². The first kappa shape index (κ1) is 14.5. The lowest BCUT2D eigenvalue weighted by atomic mass is 9.90. The van der Waals surface area contributed by atoms with Gasteiger partial charge in [0.25, 0.3) is 11.8 Å². The zero-order valence-electron chi connectivity index (χ0n) is 12.1. The number of thiophene rings is 1. The van der Waals surface area contributed by atoms with Crippen molar-refractivity contribution in [1.29, 1.82) is 0 Å². The molecule has 2 amide bonds. The molecule has 114 valence electrons. The van der Waals surface area contributed by atoms with Crippen molar-refractivity contribution in [3.8, 4) is 0 Å². The predicted octanol–water partition coefficient (Wildman–Crippen LogP) is 1.81. The Labute approximate surface area is 128 Å². The largest absolute Gasteiger partial charge is 0.368 e. The smallest absolute Gasteiger partial charge is 0.279 e. The third kappa shape index (κ3) is 3.27. The van der Waals surface area contributed by atoms with Gasteiger partial charge in [0, 0.05) is 11.5 Å². The molecule has 2 unspecified atom stereocenters. The Hall–Kier alpha value is -1.40. The maximum absolute atomic E-state index is 12.1. The van der Waals surface area contributed by atoms with E-state index >= 15 is 0 Å². The lowest BCUT2D eigenvalue weighted by Gasteiger charge is -2.16.